The number of nitrogens with zero attached hydrogens (tertiary/aromatic N) is 1. The summed E-state index contributed by atoms with van der Waals surface area (Å²) >= 11 is 0. The molecule has 0 radical (unpaired) electrons. The number of H-pyrrole nitrogens is 1. The monoisotopic (exact) mass is 167 g/mol. The lowest BCUT2D eigenvalue weighted by atomic mass is 10.2. The molecule has 1 aromatic heterocycles. The Kier molecular flexibility index (Phi) is 2.17. The Labute approximate surface area is 70.8 Å². The molecule has 0 aliphatic heterocycles. The third-order valence-corrected chi connectivity index (χ3v) is 1.75. The van der Waals surface area contributed by atoms with Gasteiger partial charge < -0.3 is 10.7 Å². The van der Waals surface area contributed by atoms with E-state index in [0.29, 0.717) is 17.2 Å². The van der Waals surface area contributed by atoms with Gasteiger partial charge in [0.1, 0.15) is 11.6 Å². The van der Waals surface area contributed by atoms with Gasteiger partial charge in [-0.05, 0) is 6.92 Å². The maximum atomic E-state index is 11.2. The fraction of sp³-hybridized carbons (Fsp3) is 0.500. The lowest BCUT2D eigenvalue weighted by Crippen LogP contribution is -2.17. The molecule has 0 bridgehead atoms. The van der Waals surface area contributed by atoms with E-state index in [9.17, 15) is 4.79 Å². The van der Waals surface area contributed by atoms with E-state index < -0.39 is 0 Å². The summed E-state index contributed by atoms with van der Waals surface area (Å²) in [6.45, 7) is 5.56. The Morgan fingerprint density at radius 3 is 2.50 bits per heavy atom. The molecule has 0 saturated heterocycles. The number of rotatable bonds is 1. The highest BCUT2D eigenvalue weighted by molar-refractivity contribution is 5.36. The predicted octanol–water partition coefficient (Wildman–Crippen LogP) is 0.784. The van der Waals surface area contributed by atoms with Crippen LogP contribution in [-0.2, 0) is 0 Å². The van der Waals surface area contributed by atoms with Gasteiger partial charge in [0.25, 0.3) is 5.56 Å². The average Bonchev–Trinajstić information content (AvgIpc) is 1.99. The van der Waals surface area contributed by atoms with E-state index in [4.69, 9.17) is 5.73 Å². The van der Waals surface area contributed by atoms with Gasteiger partial charge in [-0.25, -0.2) is 4.98 Å². The minimum absolute atomic E-state index is 0.147. The van der Waals surface area contributed by atoms with Crippen LogP contribution in [0.4, 0.5) is 5.82 Å². The molecule has 3 N–H and O–H groups in total. The van der Waals surface area contributed by atoms with Crippen molar-refractivity contribution in [1.29, 1.82) is 0 Å². The zero-order valence-electron chi connectivity index (χ0n) is 7.51. The molecule has 0 aliphatic carbocycles. The molecular weight excluding hydrogens is 154 g/mol. The van der Waals surface area contributed by atoms with E-state index >= 15 is 0 Å². The van der Waals surface area contributed by atoms with Crippen molar-refractivity contribution in [2.45, 2.75) is 26.7 Å². The molecule has 0 spiro atoms. The standard InChI is InChI=1S/C8H13N3O/c1-4(2)7-10-6(9)5(3)8(12)11-7/h4H,1-3H3,(H3,9,10,11,12). The second kappa shape index (κ2) is 2.97. The Balaban J connectivity index is 3.31. The summed E-state index contributed by atoms with van der Waals surface area (Å²) in [5, 5.41) is 0. The minimum Gasteiger partial charge on any atom is -0.383 e. The summed E-state index contributed by atoms with van der Waals surface area (Å²) in [7, 11) is 0. The molecule has 0 saturated carbocycles. The van der Waals surface area contributed by atoms with Crippen molar-refractivity contribution in [3.63, 3.8) is 0 Å². The van der Waals surface area contributed by atoms with Crippen LogP contribution in [0.15, 0.2) is 4.79 Å². The van der Waals surface area contributed by atoms with Crippen LogP contribution in [0.25, 0.3) is 0 Å². The zero-order chi connectivity index (χ0) is 9.30. The molecule has 0 atom stereocenters. The van der Waals surface area contributed by atoms with Crippen LogP contribution in [0.1, 0.15) is 31.2 Å². The molecule has 66 valence electrons. The zero-order valence-corrected chi connectivity index (χ0v) is 7.51. The van der Waals surface area contributed by atoms with E-state index in [2.05, 4.69) is 9.97 Å². The van der Waals surface area contributed by atoms with Gasteiger partial charge in [-0.3, -0.25) is 4.79 Å². The first-order chi connectivity index (χ1) is 5.52. The molecule has 0 aromatic carbocycles. The van der Waals surface area contributed by atoms with E-state index in [1.54, 1.807) is 6.92 Å². The number of hydrogen-bond acceptors (Lipinski definition) is 3. The Bertz CT molecular complexity index is 341. The summed E-state index contributed by atoms with van der Waals surface area (Å²) in [4.78, 5) is 17.9. The fourth-order valence-corrected chi connectivity index (χ4v) is 0.841. The van der Waals surface area contributed by atoms with Gasteiger partial charge in [0.2, 0.25) is 0 Å². The van der Waals surface area contributed by atoms with Gasteiger partial charge in [0.05, 0.1) is 5.56 Å². The van der Waals surface area contributed by atoms with E-state index in [0.717, 1.165) is 0 Å². The van der Waals surface area contributed by atoms with Crippen LogP contribution in [0, 0.1) is 6.92 Å². The normalized spacial score (nSPS) is 10.7. The van der Waals surface area contributed by atoms with Gasteiger partial charge in [-0.1, -0.05) is 13.8 Å². The van der Waals surface area contributed by atoms with Crippen molar-refractivity contribution in [2.24, 2.45) is 0 Å². The maximum Gasteiger partial charge on any atom is 0.255 e. The first-order valence-electron chi connectivity index (χ1n) is 3.88. The molecule has 0 fully saturated rings. The highest BCUT2D eigenvalue weighted by Gasteiger charge is 2.06. The topological polar surface area (TPSA) is 71.8 Å². The fourth-order valence-electron chi connectivity index (χ4n) is 0.841. The molecule has 1 heterocycles. The number of nitrogens with two attached hydrogens (primary N) is 1. The third-order valence-electron chi connectivity index (χ3n) is 1.75. The number of nitrogens with one attached hydrogen (secondary N) is 1. The second-order valence-corrected chi connectivity index (χ2v) is 3.12. The lowest BCUT2D eigenvalue weighted by Gasteiger charge is -2.05. The average molecular weight is 167 g/mol. The Morgan fingerprint density at radius 1 is 1.50 bits per heavy atom. The number of hydrogen-bond donors (Lipinski definition) is 2. The SMILES string of the molecule is Cc1c(N)nc(C(C)C)[nH]c1=O. The number of aromatic amines is 1. The van der Waals surface area contributed by atoms with Crippen molar-refractivity contribution in [1.82, 2.24) is 9.97 Å². The molecular formula is C8H13N3O. The molecule has 0 amide bonds. The highest BCUT2D eigenvalue weighted by Crippen LogP contribution is 2.09. The van der Waals surface area contributed by atoms with Crippen LogP contribution >= 0.6 is 0 Å². The largest absolute Gasteiger partial charge is 0.383 e. The molecule has 0 unspecified atom stereocenters. The number of nitrogen functional groups attached to an aromatic ring is 1. The smallest absolute Gasteiger partial charge is 0.255 e. The highest BCUT2D eigenvalue weighted by atomic mass is 16.1. The van der Waals surface area contributed by atoms with Gasteiger partial charge in [-0.2, -0.15) is 0 Å². The summed E-state index contributed by atoms with van der Waals surface area (Å²) in [6, 6.07) is 0. The van der Waals surface area contributed by atoms with Gasteiger partial charge in [0.15, 0.2) is 0 Å². The molecule has 4 heteroatoms. The lowest BCUT2D eigenvalue weighted by molar-refractivity contribution is 0.766. The van der Waals surface area contributed by atoms with E-state index in [1.807, 2.05) is 13.8 Å². The summed E-state index contributed by atoms with van der Waals surface area (Å²) in [5.41, 5.74) is 5.87. The number of anilines is 1. The number of aromatic nitrogens is 2. The Morgan fingerprint density at radius 2 is 2.08 bits per heavy atom. The van der Waals surface area contributed by atoms with Crippen LogP contribution in [0.2, 0.25) is 0 Å². The first-order valence-corrected chi connectivity index (χ1v) is 3.88. The second-order valence-electron chi connectivity index (χ2n) is 3.12. The first kappa shape index (κ1) is 8.77. The predicted molar refractivity (Wildman–Crippen MR) is 48.1 cm³/mol. The summed E-state index contributed by atoms with van der Waals surface area (Å²) < 4.78 is 0. The quantitative estimate of drug-likeness (QED) is 0.649. The van der Waals surface area contributed by atoms with Crippen molar-refractivity contribution >= 4 is 5.82 Å². The molecule has 1 rings (SSSR count). The van der Waals surface area contributed by atoms with Crippen molar-refractivity contribution in [3.8, 4) is 0 Å². The van der Waals surface area contributed by atoms with Crippen LogP contribution < -0.4 is 11.3 Å². The third kappa shape index (κ3) is 1.47. The summed E-state index contributed by atoms with van der Waals surface area (Å²) in [5.74, 6) is 1.16. The van der Waals surface area contributed by atoms with Crippen molar-refractivity contribution in [2.75, 3.05) is 5.73 Å². The summed E-state index contributed by atoms with van der Waals surface area (Å²) in [6.07, 6.45) is 0. The van der Waals surface area contributed by atoms with Gasteiger partial charge in [-0.15, -0.1) is 0 Å². The van der Waals surface area contributed by atoms with Gasteiger partial charge >= 0.3 is 0 Å². The van der Waals surface area contributed by atoms with Crippen LogP contribution in [-0.4, -0.2) is 9.97 Å². The minimum atomic E-state index is -0.147. The molecule has 12 heavy (non-hydrogen) atoms. The van der Waals surface area contributed by atoms with Crippen molar-refractivity contribution in [3.05, 3.63) is 21.7 Å². The van der Waals surface area contributed by atoms with Crippen LogP contribution in [0.5, 0.6) is 0 Å². The molecule has 4 nitrogen and oxygen atoms in total. The van der Waals surface area contributed by atoms with Crippen molar-refractivity contribution < 1.29 is 0 Å². The Hall–Kier alpha value is -1.32. The maximum absolute atomic E-state index is 11.2. The van der Waals surface area contributed by atoms with Crippen LogP contribution in [0.3, 0.4) is 0 Å². The van der Waals surface area contributed by atoms with Gasteiger partial charge in [0, 0.05) is 5.92 Å². The van der Waals surface area contributed by atoms with E-state index in [-0.39, 0.29) is 11.5 Å². The molecule has 1 aromatic rings. The molecule has 0 aliphatic rings. The van der Waals surface area contributed by atoms with E-state index in [1.165, 1.54) is 0 Å².